The number of amides is 2. The molecule has 186 valence electrons. The van der Waals surface area contributed by atoms with E-state index < -0.39 is 34.4 Å². The summed E-state index contributed by atoms with van der Waals surface area (Å²) in [6, 6.07) is 8.32. The van der Waals surface area contributed by atoms with E-state index >= 15 is 0 Å². The third-order valence-electron chi connectivity index (χ3n) is 5.01. The summed E-state index contributed by atoms with van der Waals surface area (Å²) in [6.07, 6.45) is 0.973. The van der Waals surface area contributed by atoms with Gasteiger partial charge in [-0.05, 0) is 44.2 Å². The predicted molar refractivity (Wildman–Crippen MR) is 135 cm³/mol. The summed E-state index contributed by atoms with van der Waals surface area (Å²) >= 11 is 18.7. The lowest BCUT2D eigenvalue weighted by Crippen LogP contribution is -2.51. The first-order valence-electron chi connectivity index (χ1n) is 10.2. The quantitative estimate of drug-likeness (QED) is 0.483. The van der Waals surface area contributed by atoms with Crippen molar-refractivity contribution in [2.45, 2.75) is 26.4 Å². The number of anilines is 1. The second kappa shape index (κ2) is 12.0. The molecule has 34 heavy (non-hydrogen) atoms. The lowest BCUT2D eigenvalue weighted by atomic mass is 10.1. The third kappa shape index (κ3) is 6.91. The molecule has 0 saturated carbocycles. The molecule has 0 bridgehead atoms. The monoisotopic (exact) mass is 549 g/mol. The molecule has 8 nitrogen and oxygen atoms in total. The minimum atomic E-state index is -3.89. The largest absolute Gasteiger partial charge is 0.495 e. The molecule has 2 amide bonds. The molecule has 2 rings (SSSR count). The number of sulfonamides is 1. The molecule has 0 heterocycles. The van der Waals surface area contributed by atoms with Gasteiger partial charge in [0.05, 0.1) is 24.1 Å². The second-order valence-corrected chi connectivity index (χ2v) is 10.5. The molecule has 0 aliphatic rings. The first kappa shape index (κ1) is 28.0. The van der Waals surface area contributed by atoms with Crippen LogP contribution in [0.3, 0.4) is 0 Å². The number of rotatable bonds is 10. The molecule has 1 atom stereocenters. The number of carbonyl (C=O) groups is 2. The zero-order valence-electron chi connectivity index (χ0n) is 19.1. The Balaban J connectivity index is 2.47. The van der Waals surface area contributed by atoms with Crippen molar-refractivity contribution < 1.29 is 22.7 Å². The van der Waals surface area contributed by atoms with Crippen molar-refractivity contribution in [1.82, 2.24) is 10.2 Å². The van der Waals surface area contributed by atoms with Crippen molar-refractivity contribution in [3.8, 4) is 5.75 Å². The Hall–Kier alpha value is -2.20. The van der Waals surface area contributed by atoms with Crippen LogP contribution in [0, 0.1) is 0 Å². The first-order valence-corrected chi connectivity index (χ1v) is 13.2. The summed E-state index contributed by atoms with van der Waals surface area (Å²) < 4.78 is 31.2. The van der Waals surface area contributed by atoms with Crippen molar-refractivity contribution >= 4 is 62.3 Å². The lowest BCUT2D eigenvalue weighted by Gasteiger charge is -2.32. The van der Waals surface area contributed by atoms with Gasteiger partial charge in [0.2, 0.25) is 21.8 Å². The van der Waals surface area contributed by atoms with Gasteiger partial charge >= 0.3 is 0 Å². The van der Waals surface area contributed by atoms with Gasteiger partial charge in [-0.15, -0.1) is 0 Å². The van der Waals surface area contributed by atoms with Crippen LogP contribution in [0.2, 0.25) is 15.1 Å². The normalized spacial score (nSPS) is 12.1. The number of hydrogen-bond acceptors (Lipinski definition) is 5. The van der Waals surface area contributed by atoms with Gasteiger partial charge < -0.3 is 15.0 Å². The van der Waals surface area contributed by atoms with Gasteiger partial charge in [-0.1, -0.05) is 40.9 Å². The number of benzene rings is 2. The van der Waals surface area contributed by atoms with E-state index in [0.717, 1.165) is 10.6 Å². The molecule has 0 radical (unpaired) electrons. The maximum absolute atomic E-state index is 13.5. The lowest BCUT2D eigenvalue weighted by molar-refractivity contribution is -0.139. The highest BCUT2D eigenvalue weighted by Crippen LogP contribution is 2.31. The fraction of sp³-hybridized carbons (Fsp3) is 0.364. The van der Waals surface area contributed by atoms with E-state index in [9.17, 15) is 18.0 Å². The number of halogens is 3. The summed E-state index contributed by atoms with van der Waals surface area (Å²) in [7, 11) is -2.46. The van der Waals surface area contributed by atoms with E-state index in [0.29, 0.717) is 27.9 Å². The van der Waals surface area contributed by atoms with Crippen LogP contribution in [-0.2, 0) is 26.2 Å². The van der Waals surface area contributed by atoms with E-state index in [2.05, 4.69) is 5.32 Å². The molecule has 0 aliphatic heterocycles. The van der Waals surface area contributed by atoms with Crippen molar-refractivity contribution in [2.75, 3.05) is 30.8 Å². The topological polar surface area (TPSA) is 96.0 Å². The van der Waals surface area contributed by atoms with Crippen LogP contribution in [0.1, 0.15) is 19.4 Å². The fourth-order valence-electron chi connectivity index (χ4n) is 3.18. The standard InChI is InChI=1S/C22H26Cl3N3O5S/c1-5-26-22(30)14(2)27(12-16-17(23)7-6-8-18(16)24)21(29)13-28(34(4,31)32)15-9-10-20(33-3)19(25)11-15/h6-11,14H,5,12-13H2,1-4H3,(H,26,30)/t14-/m1/s1. The van der Waals surface area contributed by atoms with E-state index in [4.69, 9.17) is 39.5 Å². The van der Waals surface area contributed by atoms with Gasteiger partial charge in [0.1, 0.15) is 18.3 Å². The predicted octanol–water partition coefficient (Wildman–Crippen LogP) is 3.97. The zero-order chi connectivity index (χ0) is 25.6. The molecular weight excluding hydrogens is 525 g/mol. The Morgan fingerprint density at radius 1 is 1.09 bits per heavy atom. The summed E-state index contributed by atoms with van der Waals surface area (Å²) in [5, 5.41) is 3.48. The number of methoxy groups -OCH3 is 1. The minimum absolute atomic E-state index is 0.101. The van der Waals surface area contributed by atoms with Gasteiger partial charge in [0.25, 0.3) is 0 Å². The summed E-state index contributed by atoms with van der Waals surface area (Å²) in [6.45, 7) is 2.98. The maximum atomic E-state index is 13.5. The second-order valence-electron chi connectivity index (χ2n) is 7.38. The van der Waals surface area contributed by atoms with Crippen LogP contribution < -0.4 is 14.4 Å². The van der Waals surface area contributed by atoms with Crippen LogP contribution >= 0.6 is 34.8 Å². The summed E-state index contributed by atoms with van der Waals surface area (Å²) in [5.74, 6) is -0.686. The molecule has 0 saturated heterocycles. The Morgan fingerprint density at radius 2 is 1.71 bits per heavy atom. The van der Waals surface area contributed by atoms with Crippen LogP contribution in [0.5, 0.6) is 5.75 Å². The van der Waals surface area contributed by atoms with Crippen LogP contribution in [0.15, 0.2) is 36.4 Å². The smallest absolute Gasteiger partial charge is 0.244 e. The van der Waals surface area contributed by atoms with Gasteiger partial charge in [-0.25, -0.2) is 8.42 Å². The molecule has 2 aromatic rings. The van der Waals surface area contributed by atoms with Crippen LogP contribution in [0.4, 0.5) is 5.69 Å². The third-order valence-corrected chi connectivity index (χ3v) is 7.16. The molecule has 1 N–H and O–H groups in total. The van der Waals surface area contributed by atoms with Gasteiger partial charge in [0, 0.05) is 28.7 Å². The number of hydrogen-bond donors (Lipinski definition) is 1. The Labute approximate surface area is 214 Å². The van der Waals surface area contributed by atoms with E-state index in [1.165, 1.54) is 30.2 Å². The Morgan fingerprint density at radius 3 is 2.21 bits per heavy atom. The highest BCUT2D eigenvalue weighted by molar-refractivity contribution is 7.92. The number of likely N-dealkylation sites (N-methyl/N-ethyl adjacent to an activating group) is 1. The minimum Gasteiger partial charge on any atom is -0.495 e. The number of nitrogens with zero attached hydrogens (tertiary/aromatic N) is 2. The maximum Gasteiger partial charge on any atom is 0.244 e. The molecule has 0 aromatic heterocycles. The number of ether oxygens (including phenoxy) is 1. The summed E-state index contributed by atoms with van der Waals surface area (Å²) in [4.78, 5) is 27.3. The van der Waals surface area contributed by atoms with Crippen molar-refractivity contribution in [1.29, 1.82) is 0 Å². The van der Waals surface area contributed by atoms with Gasteiger partial charge in [0.15, 0.2) is 0 Å². The molecule has 0 aliphatic carbocycles. The van der Waals surface area contributed by atoms with Crippen molar-refractivity contribution in [2.24, 2.45) is 0 Å². The average Bonchev–Trinajstić information content (AvgIpc) is 2.76. The zero-order valence-corrected chi connectivity index (χ0v) is 22.2. The molecule has 12 heteroatoms. The molecule has 0 spiro atoms. The molecule has 2 aromatic carbocycles. The number of nitrogens with one attached hydrogen (secondary N) is 1. The SMILES string of the molecule is CCNC(=O)[C@@H](C)N(Cc1c(Cl)cccc1Cl)C(=O)CN(c1ccc(OC)c(Cl)c1)S(C)(=O)=O. The van der Waals surface area contributed by atoms with Crippen molar-refractivity contribution in [3.63, 3.8) is 0 Å². The highest BCUT2D eigenvalue weighted by Gasteiger charge is 2.31. The molecular formula is C22H26Cl3N3O5S. The molecule has 0 unspecified atom stereocenters. The average molecular weight is 551 g/mol. The Kier molecular flexibility index (Phi) is 9.87. The summed E-state index contributed by atoms with van der Waals surface area (Å²) in [5.41, 5.74) is 0.608. The number of carbonyl (C=O) groups excluding carboxylic acids is 2. The van der Waals surface area contributed by atoms with E-state index in [-0.39, 0.29) is 17.3 Å². The van der Waals surface area contributed by atoms with Crippen LogP contribution in [0.25, 0.3) is 0 Å². The van der Waals surface area contributed by atoms with E-state index in [1.807, 2.05) is 0 Å². The van der Waals surface area contributed by atoms with Gasteiger partial charge in [-0.2, -0.15) is 0 Å². The van der Waals surface area contributed by atoms with Crippen molar-refractivity contribution in [3.05, 3.63) is 57.0 Å². The Bertz CT molecular complexity index is 1140. The van der Waals surface area contributed by atoms with E-state index in [1.54, 1.807) is 32.0 Å². The highest BCUT2D eigenvalue weighted by atomic mass is 35.5. The molecule has 0 fully saturated rings. The van der Waals surface area contributed by atoms with Gasteiger partial charge in [-0.3, -0.25) is 13.9 Å². The first-order chi connectivity index (χ1) is 15.9. The fourth-order valence-corrected chi connectivity index (χ4v) is 4.79. The van der Waals surface area contributed by atoms with Crippen LogP contribution in [-0.4, -0.2) is 57.6 Å².